The van der Waals surface area contributed by atoms with Crippen LogP contribution < -0.4 is 10.6 Å². The third-order valence-electron chi connectivity index (χ3n) is 3.02. The maximum atomic E-state index is 11.0. The Kier molecular flexibility index (Phi) is 12.1. The number of nitrogens with one attached hydrogen (secondary N) is 2. The number of carbonyl (C=O) groups excluding carboxylic acids is 1. The van der Waals surface area contributed by atoms with Crippen molar-refractivity contribution in [1.29, 1.82) is 0 Å². The zero-order chi connectivity index (χ0) is 15.2. The normalized spacial score (nSPS) is 16.5. The van der Waals surface area contributed by atoms with Crippen LogP contribution in [-0.2, 0) is 11.3 Å². The summed E-state index contributed by atoms with van der Waals surface area (Å²) in [5, 5.41) is 6.24. The average Bonchev–Trinajstić information content (AvgIpc) is 3.05. The molecule has 0 radical (unpaired) electrons. The highest BCUT2D eigenvalue weighted by Gasteiger charge is 2.19. The molecule has 1 aromatic carbocycles. The number of benzene rings is 1. The molecule has 20 heavy (non-hydrogen) atoms. The fourth-order valence-electron chi connectivity index (χ4n) is 2.01. The number of Topliss-reactive ketones (excluding diaryl/α,β-unsaturated/α-hetero) is 1. The zero-order valence-corrected chi connectivity index (χ0v) is 13.4. The third kappa shape index (κ3) is 8.08. The van der Waals surface area contributed by atoms with Gasteiger partial charge in [0.05, 0.1) is 6.04 Å². The van der Waals surface area contributed by atoms with Crippen LogP contribution in [0.15, 0.2) is 30.3 Å². The van der Waals surface area contributed by atoms with Crippen LogP contribution in [0, 0.1) is 0 Å². The van der Waals surface area contributed by atoms with Crippen molar-refractivity contribution in [1.82, 2.24) is 10.6 Å². The van der Waals surface area contributed by atoms with E-state index in [2.05, 4.69) is 22.8 Å². The lowest BCUT2D eigenvalue weighted by Gasteiger charge is -2.04. The SMILES string of the molecule is CC.CCC(=O)C1CCCN1.CNCc1ccccc1. The Hall–Kier alpha value is -1.19. The number of ketones is 1. The minimum atomic E-state index is 0.190. The van der Waals surface area contributed by atoms with Crippen LogP contribution in [-0.4, -0.2) is 25.4 Å². The second-order valence-electron chi connectivity index (χ2n) is 4.48. The molecule has 1 fully saturated rings. The minimum absolute atomic E-state index is 0.190. The van der Waals surface area contributed by atoms with Crippen molar-refractivity contribution in [2.75, 3.05) is 13.6 Å². The lowest BCUT2D eigenvalue weighted by atomic mass is 10.1. The van der Waals surface area contributed by atoms with Crippen LogP contribution >= 0.6 is 0 Å². The van der Waals surface area contributed by atoms with Crippen molar-refractivity contribution in [2.24, 2.45) is 0 Å². The van der Waals surface area contributed by atoms with E-state index in [0.29, 0.717) is 12.2 Å². The predicted octanol–water partition coefficient (Wildman–Crippen LogP) is 3.15. The first-order valence-corrected chi connectivity index (χ1v) is 7.72. The van der Waals surface area contributed by atoms with E-state index in [4.69, 9.17) is 0 Å². The van der Waals surface area contributed by atoms with E-state index in [0.717, 1.165) is 25.9 Å². The van der Waals surface area contributed by atoms with Gasteiger partial charge in [-0.25, -0.2) is 0 Å². The standard InChI is InChI=1S/C8H11N.C7H13NO.C2H6/c1-9-7-8-5-3-2-4-6-8;1-2-7(9)6-4-3-5-8-6;1-2/h2-6,9H,7H2,1H3;6,8H,2-5H2,1H3;1-2H3. The maximum absolute atomic E-state index is 11.0. The van der Waals surface area contributed by atoms with Crippen molar-refractivity contribution in [2.45, 2.75) is 52.6 Å². The fourth-order valence-corrected chi connectivity index (χ4v) is 2.01. The predicted molar refractivity (Wildman–Crippen MR) is 86.9 cm³/mol. The first-order valence-electron chi connectivity index (χ1n) is 7.72. The van der Waals surface area contributed by atoms with E-state index in [1.807, 2.05) is 46.0 Å². The van der Waals surface area contributed by atoms with Gasteiger partial charge in [-0.2, -0.15) is 0 Å². The molecule has 3 nitrogen and oxygen atoms in total. The summed E-state index contributed by atoms with van der Waals surface area (Å²) in [5.41, 5.74) is 1.33. The molecule has 1 aliphatic rings. The van der Waals surface area contributed by atoms with Crippen molar-refractivity contribution in [3.63, 3.8) is 0 Å². The third-order valence-corrected chi connectivity index (χ3v) is 3.02. The highest BCUT2D eigenvalue weighted by molar-refractivity contribution is 5.83. The van der Waals surface area contributed by atoms with Crippen LogP contribution in [0.2, 0.25) is 0 Å². The lowest BCUT2D eigenvalue weighted by Crippen LogP contribution is -2.29. The van der Waals surface area contributed by atoms with Crippen molar-refractivity contribution >= 4 is 5.78 Å². The molecule has 0 saturated carbocycles. The Bertz CT molecular complexity index is 332. The van der Waals surface area contributed by atoms with Gasteiger partial charge in [-0.3, -0.25) is 4.79 Å². The van der Waals surface area contributed by atoms with Gasteiger partial charge in [-0.1, -0.05) is 51.1 Å². The molecule has 1 unspecified atom stereocenters. The smallest absolute Gasteiger partial charge is 0.149 e. The Labute approximate surface area is 124 Å². The van der Waals surface area contributed by atoms with Gasteiger partial charge in [0.15, 0.2) is 0 Å². The van der Waals surface area contributed by atoms with Crippen molar-refractivity contribution in [3.05, 3.63) is 35.9 Å². The van der Waals surface area contributed by atoms with Gasteiger partial charge >= 0.3 is 0 Å². The van der Waals surface area contributed by atoms with Crippen LogP contribution in [0.3, 0.4) is 0 Å². The topological polar surface area (TPSA) is 41.1 Å². The van der Waals surface area contributed by atoms with Gasteiger partial charge in [0.2, 0.25) is 0 Å². The summed E-state index contributed by atoms with van der Waals surface area (Å²) >= 11 is 0. The molecule has 0 amide bonds. The second-order valence-corrected chi connectivity index (χ2v) is 4.48. The van der Waals surface area contributed by atoms with Gasteiger partial charge in [-0.05, 0) is 32.0 Å². The zero-order valence-electron chi connectivity index (χ0n) is 13.4. The molecule has 0 aromatic heterocycles. The highest BCUT2D eigenvalue weighted by atomic mass is 16.1. The summed E-state index contributed by atoms with van der Waals surface area (Å²) in [6, 6.07) is 10.5. The van der Waals surface area contributed by atoms with Crippen LogP contribution in [0.1, 0.15) is 45.6 Å². The molecule has 114 valence electrons. The number of hydrogen-bond donors (Lipinski definition) is 2. The number of hydrogen-bond acceptors (Lipinski definition) is 3. The summed E-state index contributed by atoms with van der Waals surface area (Å²) in [6.45, 7) is 7.90. The largest absolute Gasteiger partial charge is 0.316 e. The summed E-state index contributed by atoms with van der Waals surface area (Å²) in [4.78, 5) is 11.0. The number of rotatable bonds is 4. The molecule has 0 aliphatic carbocycles. The van der Waals surface area contributed by atoms with Crippen LogP contribution in [0.5, 0.6) is 0 Å². The average molecular weight is 278 g/mol. The molecule has 1 aliphatic heterocycles. The monoisotopic (exact) mass is 278 g/mol. The molecule has 3 heteroatoms. The Morgan fingerprint density at radius 1 is 1.30 bits per heavy atom. The maximum Gasteiger partial charge on any atom is 0.149 e. The molecule has 2 N–H and O–H groups in total. The van der Waals surface area contributed by atoms with Gasteiger partial charge in [0.1, 0.15) is 5.78 Å². The summed E-state index contributed by atoms with van der Waals surface area (Å²) < 4.78 is 0. The summed E-state index contributed by atoms with van der Waals surface area (Å²) in [7, 11) is 1.95. The lowest BCUT2D eigenvalue weighted by molar-refractivity contribution is -0.120. The van der Waals surface area contributed by atoms with E-state index in [1.54, 1.807) is 0 Å². The number of carbonyl (C=O) groups is 1. The summed E-state index contributed by atoms with van der Waals surface area (Å²) in [5.74, 6) is 0.368. The van der Waals surface area contributed by atoms with Gasteiger partial charge in [0.25, 0.3) is 0 Å². The molecule has 1 aromatic rings. The van der Waals surface area contributed by atoms with E-state index in [1.165, 1.54) is 5.56 Å². The fraction of sp³-hybridized carbons (Fsp3) is 0.588. The Morgan fingerprint density at radius 3 is 2.40 bits per heavy atom. The van der Waals surface area contributed by atoms with E-state index < -0.39 is 0 Å². The molecular weight excluding hydrogens is 248 g/mol. The molecule has 1 atom stereocenters. The first-order chi connectivity index (χ1) is 9.77. The second kappa shape index (κ2) is 12.8. The molecule has 0 spiro atoms. The van der Waals surface area contributed by atoms with Gasteiger partial charge in [-0.15, -0.1) is 0 Å². The van der Waals surface area contributed by atoms with Crippen LogP contribution in [0.25, 0.3) is 0 Å². The van der Waals surface area contributed by atoms with Crippen molar-refractivity contribution < 1.29 is 4.79 Å². The van der Waals surface area contributed by atoms with Gasteiger partial charge in [0, 0.05) is 13.0 Å². The molecule has 0 bridgehead atoms. The van der Waals surface area contributed by atoms with E-state index >= 15 is 0 Å². The Morgan fingerprint density at radius 2 is 1.95 bits per heavy atom. The molecule has 2 rings (SSSR count). The summed E-state index contributed by atoms with van der Waals surface area (Å²) in [6.07, 6.45) is 2.89. The molecule has 1 heterocycles. The Balaban J connectivity index is 0.000000321. The van der Waals surface area contributed by atoms with Crippen LogP contribution in [0.4, 0.5) is 0 Å². The quantitative estimate of drug-likeness (QED) is 0.889. The van der Waals surface area contributed by atoms with E-state index in [-0.39, 0.29) is 6.04 Å². The van der Waals surface area contributed by atoms with E-state index in [9.17, 15) is 4.79 Å². The van der Waals surface area contributed by atoms with Gasteiger partial charge < -0.3 is 10.6 Å². The first kappa shape index (κ1) is 18.8. The minimum Gasteiger partial charge on any atom is -0.316 e. The van der Waals surface area contributed by atoms with Crippen molar-refractivity contribution in [3.8, 4) is 0 Å². The molecular formula is C17H30N2O. The molecule has 1 saturated heterocycles. The highest BCUT2D eigenvalue weighted by Crippen LogP contribution is 2.06.